The number of anilines is 2. The fourth-order valence-corrected chi connectivity index (χ4v) is 6.21. The number of benzene rings is 5. The van der Waals surface area contributed by atoms with E-state index < -0.39 is 22.9 Å². The van der Waals surface area contributed by atoms with Gasteiger partial charge >= 0.3 is 0 Å². The molecule has 0 aromatic heterocycles. The van der Waals surface area contributed by atoms with Crippen LogP contribution in [0.2, 0.25) is 5.02 Å². The minimum Gasteiger partial charge on any atom is -0.457 e. The van der Waals surface area contributed by atoms with Crippen molar-refractivity contribution in [2.75, 3.05) is 10.2 Å². The number of carbonyl (C=O) groups excluding carboxylic acids is 4. The zero-order chi connectivity index (χ0) is 34.3. The van der Waals surface area contributed by atoms with E-state index in [4.69, 9.17) is 16.3 Å². The Morgan fingerprint density at radius 3 is 2.22 bits per heavy atom. The van der Waals surface area contributed by atoms with Gasteiger partial charge < -0.3 is 15.4 Å². The predicted octanol–water partition coefficient (Wildman–Crippen LogP) is 8.11. The molecule has 4 amide bonds. The van der Waals surface area contributed by atoms with Crippen LogP contribution < -0.4 is 20.3 Å². The second-order valence-corrected chi connectivity index (χ2v) is 12.5. The molecule has 6 rings (SSSR count). The molecule has 2 N–H and O–H groups in total. The third kappa shape index (κ3) is 8.24. The summed E-state index contributed by atoms with van der Waals surface area (Å²) in [7, 11) is 0. The fraction of sp³-hybridized carbons (Fsp3) is 0.0526. The molecule has 49 heavy (non-hydrogen) atoms. The highest BCUT2D eigenvalue weighted by Gasteiger charge is 2.40. The highest BCUT2D eigenvalue weighted by Crippen LogP contribution is 2.36. The second kappa shape index (κ2) is 15.0. The molecule has 0 aliphatic carbocycles. The Morgan fingerprint density at radius 2 is 1.51 bits per heavy atom. The summed E-state index contributed by atoms with van der Waals surface area (Å²) in [6.45, 7) is 0. The lowest BCUT2D eigenvalue weighted by Crippen LogP contribution is -2.31. The molecule has 0 bridgehead atoms. The molecule has 5 aromatic carbocycles. The normalized spacial score (nSPS) is 14.4. The zero-order valence-electron chi connectivity index (χ0n) is 25.6. The molecule has 8 nitrogen and oxygen atoms in total. The number of hydrogen-bond acceptors (Lipinski definition) is 6. The number of hydrogen-bond donors (Lipinski definition) is 2. The summed E-state index contributed by atoms with van der Waals surface area (Å²) < 4.78 is 20.3. The van der Waals surface area contributed by atoms with Gasteiger partial charge in [0.1, 0.15) is 23.0 Å². The van der Waals surface area contributed by atoms with Crippen LogP contribution in [-0.4, -0.2) is 28.9 Å². The molecular formula is C38H27ClFN3O5S. The molecule has 0 spiro atoms. The van der Waals surface area contributed by atoms with E-state index in [0.29, 0.717) is 38.4 Å². The van der Waals surface area contributed by atoms with Crippen molar-refractivity contribution in [3.8, 4) is 11.5 Å². The van der Waals surface area contributed by atoms with Crippen molar-refractivity contribution in [3.63, 3.8) is 0 Å². The van der Waals surface area contributed by atoms with Gasteiger partial charge in [-0.1, -0.05) is 54.1 Å². The van der Waals surface area contributed by atoms with E-state index in [-0.39, 0.29) is 29.5 Å². The highest BCUT2D eigenvalue weighted by atomic mass is 35.5. The van der Waals surface area contributed by atoms with Crippen LogP contribution in [-0.2, 0) is 14.4 Å². The third-order valence-electron chi connectivity index (χ3n) is 7.35. The Labute approximate surface area is 290 Å². The lowest BCUT2D eigenvalue weighted by Gasteiger charge is -2.16. The molecule has 1 atom stereocenters. The van der Waals surface area contributed by atoms with Gasteiger partial charge in [-0.05, 0) is 91.0 Å². The van der Waals surface area contributed by atoms with E-state index in [9.17, 15) is 23.6 Å². The molecule has 1 aliphatic rings. The van der Waals surface area contributed by atoms with Crippen LogP contribution in [0.3, 0.4) is 0 Å². The number of nitrogens with one attached hydrogen (secondary N) is 2. The fourth-order valence-electron chi connectivity index (χ4n) is 4.97. The lowest BCUT2D eigenvalue weighted by molar-refractivity contribution is -0.121. The Kier molecular flexibility index (Phi) is 10.2. The standard InChI is InChI=1S/C38H27ClFN3O5S/c39-26-13-17-29(18-14-26)48-30-19-15-28(16-20-30)43-35(44)23-34(38(43)47)49-31-11-6-10-27(22-31)41-37(46)33(21-25-9-4-5-12-32(25)40)42-36(45)24-7-2-1-3-8-24/h1-22,34H,23H2,(H,41,46)(H,42,45)/b33-21+/t34-/m1/s1. The topological polar surface area (TPSA) is 105 Å². The van der Waals surface area contributed by atoms with Crippen molar-refractivity contribution >= 4 is 64.4 Å². The van der Waals surface area contributed by atoms with Gasteiger partial charge in [0.2, 0.25) is 11.8 Å². The summed E-state index contributed by atoms with van der Waals surface area (Å²) in [5, 5.41) is 5.23. The summed E-state index contributed by atoms with van der Waals surface area (Å²) in [6, 6.07) is 34.5. The van der Waals surface area contributed by atoms with E-state index in [1.54, 1.807) is 109 Å². The number of nitrogens with zero attached hydrogens (tertiary/aromatic N) is 1. The number of amides is 4. The van der Waals surface area contributed by atoms with Crippen LogP contribution in [0.25, 0.3) is 6.08 Å². The SMILES string of the molecule is O=C(Nc1cccc(S[C@@H]2CC(=O)N(c3ccc(Oc4ccc(Cl)cc4)cc3)C2=O)c1)/C(=C\c1ccccc1F)NC(=O)c1ccccc1. The van der Waals surface area contributed by atoms with Gasteiger partial charge in [0, 0.05) is 33.2 Å². The van der Waals surface area contributed by atoms with E-state index in [1.807, 2.05) is 0 Å². The van der Waals surface area contributed by atoms with E-state index in [2.05, 4.69) is 10.6 Å². The molecule has 1 heterocycles. The summed E-state index contributed by atoms with van der Waals surface area (Å²) in [4.78, 5) is 54.5. The first-order valence-corrected chi connectivity index (χ1v) is 16.3. The van der Waals surface area contributed by atoms with Crippen molar-refractivity contribution in [2.24, 2.45) is 0 Å². The molecular weight excluding hydrogens is 665 g/mol. The Hall–Kier alpha value is -5.71. The average molecular weight is 692 g/mol. The smallest absolute Gasteiger partial charge is 0.272 e. The predicted molar refractivity (Wildman–Crippen MR) is 188 cm³/mol. The first-order valence-electron chi connectivity index (χ1n) is 15.0. The van der Waals surface area contributed by atoms with Gasteiger partial charge in [-0.2, -0.15) is 0 Å². The van der Waals surface area contributed by atoms with Crippen molar-refractivity contribution in [2.45, 2.75) is 16.6 Å². The minimum absolute atomic E-state index is 0.00977. The van der Waals surface area contributed by atoms with Crippen molar-refractivity contribution in [1.82, 2.24) is 5.32 Å². The zero-order valence-corrected chi connectivity index (χ0v) is 27.2. The molecule has 0 radical (unpaired) electrons. The number of imide groups is 1. The van der Waals surface area contributed by atoms with Crippen LogP contribution >= 0.6 is 23.4 Å². The van der Waals surface area contributed by atoms with E-state index in [1.165, 1.54) is 36.0 Å². The van der Waals surface area contributed by atoms with Crippen LogP contribution in [0.4, 0.5) is 15.8 Å². The minimum atomic E-state index is -0.690. The summed E-state index contributed by atoms with van der Waals surface area (Å²) in [5.41, 5.74) is 1.06. The van der Waals surface area contributed by atoms with Gasteiger partial charge in [0.15, 0.2) is 0 Å². The molecule has 1 fully saturated rings. The Bertz CT molecular complexity index is 2060. The summed E-state index contributed by atoms with van der Waals surface area (Å²) in [5.74, 6) is -1.37. The maximum atomic E-state index is 14.5. The second-order valence-electron chi connectivity index (χ2n) is 10.8. The number of halogens is 2. The molecule has 1 saturated heterocycles. The maximum absolute atomic E-state index is 14.5. The van der Waals surface area contributed by atoms with Gasteiger partial charge in [0.05, 0.1) is 10.9 Å². The molecule has 11 heteroatoms. The van der Waals surface area contributed by atoms with Gasteiger partial charge in [0.25, 0.3) is 11.8 Å². The Morgan fingerprint density at radius 1 is 0.837 bits per heavy atom. The molecule has 1 aliphatic heterocycles. The largest absolute Gasteiger partial charge is 0.457 e. The van der Waals surface area contributed by atoms with Crippen LogP contribution in [0.5, 0.6) is 11.5 Å². The molecule has 0 saturated carbocycles. The van der Waals surface area contributed by atoms with E-state index in [0.717, 1.165) is 4.90 Å². The number of carbonyl (C=O) groups is 4. The van der Waals surface area contributed by atoms with Crippen molar-refractivity contribution in [1.29, 1.82) is 0 Å². The van der Waals surface area contributed by atoms with Crippen LogP contribution in [0.15, 0.2) is 138 Å². The Balaban J connectivity index is 1.14. The number of rotatable bonds is 10. The van der Waals surface area contributed by atoms with Gasteiger partial charge in [-0.3, -0.25) is 19.2 Å². The third-order valence-corrected chi connectivity index (χ3v) is 8.78. The monoisotopic (exact) mass is 691 g/mol. The van der Waals surface area contributed by atoms with Gasteiger partial charge in [-0.25, -0.2) is 9.29 Å². The maximum Gasteiger partial charge on any atom is 0.272 e. The van der Waals surface area contributed by atoms with Gasteiger partial charge in [-0.15, -0.1) is 11.8 Å². The summed E-state index contributed by atoms with van der Waals surface area (Å²) >= 11 is 7.13. The number of ether oxygens (including phenoxy) is 1. The summed E-state index contributed by atoms with van der Waals surface area (Å²) in [6.07, 6.45) is 1.25. The lowest BCUT2D eigenvalue weighted by atomic mass is 10.1. The molecule has 5 aromatic rings. The van der Waals surface area contributed by atoms with Crippen LogP contribution in [0.1, 0.15) is 22.3 Å². The number of thioether (sulfide) groups is 1. The quantitative estimate of drug-likeness (QED) is 0.113. The van der Waals surface area contributed by atoms with Crippen LogP contribution in [0, 0.1) is 5.82 Å². The molecule has 0 unspecified atom stereocenters. The van der Waals surface area contributed by atoms with E-state index >= 15 is 0 Å². The van der Waals surface area contributed by atoms with Crippen molar-refractivity contribution < 1.29 is 28.3 Å². The first-order chi connectivity index (χ1) is 23.7. The molecule has 244 valence electrons. The first kappa shape index (κ1) is 33.2. The van der Waals surface area contributed by atoms with Crippen molar-refractivity contribution in [3.05, 3.63) is 155 Å². The highest BCUT2D eigenvalue weighted by molar-refractivity contribution is 8.00. The average Bonchev–Trinajstić information content (AvgIpc) is 3.38.